The third-order valence-corrected chi connectivity index (χ3v) is 2.73. The molecule has 0 aliphatic carbocycles. The predicted molar refractivity (Wildman–Crippen MR) is 66.1 cm³/mol. The summed E-state index contributed by atoms with van der Waals surface area (Å²) in [5, 5.41) is 1.20. The summed E-state index contributed by atoms with van der Waals surface area (Å²) in [5.74, 6) is 0.375. The molecule has 1 aromatic carbocycles. The average Bonchev–Trinajstić information content (AvgIpc) is 2.14. The number of ether oxygens (including phenoxy) is 1. The molecule has 4 heteroatoms. The maximum Gasteiger partial charge on any atom is 0.0977 e. The van der Waals surface area contributed by atoms with Crippen LogP contribution >= 0.6 is 34.8 Å². The lowest BCUT2D eigenvalue weighted by Gasteiger charge is -2.19. The first-order valence-electron chi connectivity index (χ1n) is 4.71. The third kappa shape index (κ3) is 3.84. The highest BCUT2D eigenvalue weighted by atomic mass is 35.5. The summed E-state index contributed by atoms with van der Waals surface area (Å²) >= 11 is 17.7. The highest BCUT2D eigenvalue weighted by molar-refractivity contribution is 6.35. The van der Waals surface area contributed by atoms with Crippen LogP contribution in [-0.4, -0.2) is 12.0 Å². The van der Waals surface area contributed by atoms with Gasteiger partial charge in [-0.2, -0.15) is 0 Å². The Bertz CT molecular complexity index is 326. The number of halogens is 3. The zero-order chi connectivity index (χ0) is 11.4. The number of alkyl halides is 1. The van der Waals surface area contributed by atoms with Crippen molar-refractivity contribution < 1.29 is 4.74 Å². The minimum Gasteiger partial charge on any atom is -0.370 e. The Kier molecular flexibility index (Phi) is 5.20. The number of benzene rings is 1. The first-order chi connectivity index (χ1) is 7.04. The van der Waals surface area contributed by atoms with Crippen molar-refractivity contribution >= 4 is 34.8 Å². The highest BCUT2D eigenvalue weighted by Gasteiger charge is 2.15. The quantitative estimate of drug-likeness (QED) is 0.719. The molecule has 0 fully saturated rings. The van der Waals surface area contributed by atoms with Crippen LogP contribution < -0.4 is 0 Å². The van der Waals surface area contributed by atoms with E-state index in [9.17, 15) is 0 Å². The molecule has 15 heavy (non-hydrogen) atoms. The van der Waals surface area contributed by atoms with Crippen LogP contribution in [0.2, 0.25) is 10.0 Å². The van der Waals surface area contributed by atoms with Gasteiger partial charge in [0.05, 0.1) is 18.1 Å². The fourth-order valence-corrected chi connectivity index (χ4v) is 2.05. The number of hydrogen-bond acceptors (Lipinski definition) is 1. The van der Waals surface area contributed by atoms with E-state index in [2.05, 4.69) is 0 Å². The molecule has 1 aromatic rings. The van der Waals surface area contributed by atoms with Gasteiger partial charge in [-0.3, -0.25) is 0 Å². The summed E-state index contributed by atoms with van der Waals surface area (Å²) in [6.07, 6.45) is -0.0723. The van der Waals surface area contributed by atoms with E-state index in [4.69, 9.17) is 39.5 Å². The van der Waals surface area contributed by atoms with Gasteiger partial charge in [-0.05, 0) is 26.0 Å². The predicted octanol–water partition coefficient (Wildman–Crippen LogP) is 4.70. The first-order valence-corrected chi connectivity index (χ1v) is 6.00. The molecule has 0 aliphatic rings. The summed E-state index contributed by atoms with van der Waals surface area (Å²) < 4.78 is 5.65. The summed E-state index contributed by atoms with van der Waals surface area (Å²) in [7, 11) is 0. The molecule has 0 bridgehead atoms. The van der Waals surface area contributed by atoms with E-state index < -0.39 is 0 Å². The van der Waals surface area contributed by atoms with E-state index in [1.807, 2.05) is 19.9 Å². The smallest absolute Gasteiger partial charge is 0.0977 e. The molecule has 0 heterocycles. The summed E-state index contributed by atoms with van der Waals surface area (Å²) in [6.45, 7) is 3.92. The van der Waals surface area contributed by atoms with Gasteiger partial charge in [0, 0.05) is 15.6 Å². The number of hydrogen-bond donors (Lipinski definition) is 0. The molecule has 0 spiro atoms. The molecule has 0 saturated carbocycles. The third-order valence-electron chi connectivity index (χ3n) is 1.89. The lowest BCUT2D eigenvalue weighted by atomic mass is 10.1. The van der Waals surface area contributed by atoms with E-state index in [0.717, 1.165) is 5.56 Å². The van der Waals surface area contributed by atoms with Gasteiger partial charge >= 0.3 is 0 Å². The molecule has 84 valence electrons. The fraction of sp³-hybridized carbons (Fsp3) is 0.455. The normalized spacial score (nSPS) is 13.2. The molecular formula is C11H13Cl3O. The molecular weight excluding hydrogens is 254 g/mol. The second-order valence-electron chi connectivity index (χ2n) is 3.49. The zero-order valence-corrected chi connectivity index (χ0v) is 10.9. The standard InChI is InChI=1S/C11H13Cl3O/c1-7(2)15-11(6-12)9-4-3-8(13)5-10(9)14/h3-5,7,11H,6H2,1-2H3/t11-/m1/s1. The van der Waals surface area contributed by atoms with Crippen LogP contribution in [0, 0.1) is 0 Å². The maximum absolute atomic E-state index is 6.06. The van der Waals surface area contributed by atoms with Crippen LogP contribution in [0.25, 0.3) is 0 Å². The van der Waals surface area contributed by atoms with Crippen molar-refractivity contribution in [3.63, 3.8) is 0 Å². The van der Waals surface area contributed by atoms with Crippen molar-refractivity contribution in [2.75, 3.05) is 5.88 Å². The van der Waals surface area contributed by atoms with Crippen LogP contribution in [0.4, 0.5) is 0 Å². The maximum atomic E-state index is 6.06. The lowest BCUT2D eigenvalue weighted by Crippen LogP contribution is -2.12. The highest BCUT2D eigenvalue weighted by Crippen LogP contribution is 2.29. The van der Waals surface area contributed by atoms with E-state index in [0.29, 0.717) is 15.9 Å². The van der Waals surface area contributed by atoms with Crippen molar-refractivity contribution in [2.24, 2.45) is 0 Å². The van der Waals surface area contributed by atoms with Gasteiger partial charge in [-0.25, -0.2) is 0 Å². The summed E-state index contributed by atoms with van der Waals surface area (Å²) in [6, 6.07) is 5.33. The molecule has 0 unspecified atom stereocenters. The molecule has 0 aliphatic heterocycles. The van der Waals surface area contributed by atoms with Crippen LogP contribution in [0.5, 0.6) is 0 Å². The molecule has 0 radical (unpaired) electrons. The Morgan fingerprint density at radius 3 is 2.40 bits per heavy atom. The molecule has 0 N–H and O–H groups in total. The second kappa shape index (κ2) is 5.95. The average molecular weight is 268 g/mol. The Morgan fingerprint density at radius 1 is 1.27 bits per heavy atom. The zero-order valence-electron chi connectivity index (χ0n) is 8.64. The van der Waals surface area contributed by atoms with Gasteiger partial charge < -0.3 is 4.74 Å². The minimum absolute atomic E-state index is 0.112. The van der Waals surface area contributed by atoms with Crippen molar-refractivity contribution in [2.45, 2.75) is 26.1 Å². The first kappa shape index (κ1) is 13.1. The summed E-state index contributed by atoms with van der Waals surface area (Å²) in [5.41, 5.74) is 0.879. The largest absolute Gasteiger partial charge is 0.370 e. The lowest BCUT2D eigenvalue weighted by molar-refractivity contribution is 0.0200. The fourth-order valence-electron chi connectivity index (χ4n) is 1.28. The molecule has 0 amide bonds. The van der Waals surface area contributed by atoms with Crippen LogP contribution in [0.1, 0.15) is 25.5 Å². The second-order valence-corrected chi connectivity index (χ2v) is 4.65. The molecule has 1 nitrogen and oxygen atoms in total. The Balaban J connectivity index is 2.91. The SMILES string of the molecule is CC(C)O[C@H](CCl)c1ccc(Cl)cc1Cl. The van der Waals surface area contributed by atoms with Gasteiger partial charge in [0.2, 0.25) is 0 Å². The van der Waals surface area contributed by atoms with E-state index >= 15 is 0 Å². The summed E-state index contributed by atoms with van der Waals surface area (Å²) in [4.78, 5) is 0. The van der Waals surface area contributed by atoms with Gasteiger partial charge in [0.25, 0.3) is 0 Å². The Morgan fingerprint density at radius 2 is 1.93 bits per heavy atom. The topological polar surface area (TPSA) is 9.23 Å². The van der Waals surface area contributed by atoms with Crippen molar-refractivity contribution in [3.8, 4) is 0 Å². The van der Waals surface area contributed by atoms with E-state index in [1.165, 1.54) is 0 Å². The molecule has 0 aromatic heterocycles. The van der Waals surface area contributed by atoms with Crippen LogP contribution in [-0.2, 0) is 4.74 Å². The Hall–Kier alpha value is 0.0500. The van der Waals surface area contributed by atoms with Crippen LogP contribution in [0.15, 0.2) is 18.2 Å². The van der Waals surface area contributed by atoms with E-state index in [1.54, 1.807) is 12.1 Å². The van der Waals surface area contributed by atoms with Gasteiger partial charge in [-0.15, -0.1) is 11.6 Å². The van der Waals surface area contributed by atoms with Gasteiger partial charge in [-0.1, -0.05) is 29.3 Å². The monoisotopic (exact) mass is 266 g/mol. The molecule has 0 saturated heterocycles. The van der Waals surface area contributed by atoms with Crippen molar-refractivity contribution in [1.82, 2.24) is 0 Å². The molecule has 1 rings (SSSR count). The Labute approximate surface area is 105 Å². The van der Waals surface area contributed by atoms with Crippen molar-refractivity contribution in [3.05, 3.63) is 33.8 Å². The van der Waals surface area contributed by atoms with Crippen LogP contribution in [0.3, 0.4) is 0 Å². The van der Waals surface area contributed by atoms with Crippen molar-refractivity contribution in [1.29, 1.82) is 0 Å². The van der Waals surface area contributed by atoms with Gasteiger partial charge in [0.15, 0.2) is 0 Å². The molecule has 1 atom stereocenters. The van der Waals surface area contributed by atoms with E-state index in [-0.39, 0.29) is 12.2 Å². The number of rotatable bonds is 4. The minimum atomic E-state index is -0.184. The van der Waals surface area contributed by atoms with Gasteiger partial charge in [0.1, 0.15) is 0 Å².